The first-order valence-corrected chi connectivity index (χ1v) is 7.17. The SMILES string of the molecule is Cc1ccc(NC2=NCC(CC(C)C)S2)cc1F. The van der Waals surface area contributed by atoms with Crippen LogP contribution in [-0.2, 0) is 0 Å². The normalized spacial score (nSPS) is 19.2. The van der Waals surface area contributed by atoms with Gasteiger partial charge in [0.25, 0.3) is 0 Å². The first kappa shape index (κ1) is 13.4. The molecule has 0 aliphatic carbocycles. The highest BCUT2D eigenvalue weighted by Gasteiger charge is 2.20. The summed E-state index contributed by atoms with van der Waals surface area (Å²) in [5.41, 5.74) is 1.44. The maximum Gasteiger partial charge on any atom is 0.161 e. The fraction of sp³-hybridized carbons (Fsp3) is 0.500. The maximum atomic E-state index is 13.4. The monoisotopic (exact) mass is 266 g/mol. The lowest BCUT2D eigenvalue weighted by Crippen LogP contribution is -2.09. The summed E-state index contributed by atoms with van der Waals surface area (Å²) in [4.78, 5) is 4.46. The number of nitrogens with one attached hydrogen (secondary N) is 1. The molecule has 98 valence electrons. The highest BCUT2D eigenvalue weighted by atomic mass is 32.2. The van der Waals surface area contributed by atoms with Crippen LogP contribution < -0.4 is 5.32 Å². The number of thioether (sulfide) groups is 1. The van der Waals surface area contributed by atoms with Gasteiger partial charge in [-0.25, -0.2) is 4.39 Å². The fourth-order valence-corrected chi connectivity index (χ4v) is 3.20. The van der Waals surface area contributed by atoms with E-state index in [4.69, 9.17) is 0 Å². The first-order chi connectivity index (χ1) is 8.54. The highest BCUT2D eigenvalue weighted by molar-refractivity contribution is 8.15. The van der Waals surface area contributed by atoms with Crippen molar-refractivity contribution in [2.24, 2.45) is 10.9 Å². The number of hydrogen-bond donors (Lipinski definition) is 1. The third-order valence-corrected chi connectivity index (χ3v) is 4.00. The van der Waals surface area contributed by atoms with Crippen molar-refractivity contribution >= 4 is 22.6 Å². The zero-order valence-electron chi connectivity index (χ0n) is 11.0. The molecule has 1 aromatic carbocycles. The van der Waals surface area contributed by atoms with Gasteiger partial charge in [-0.2, -0.15) is 0 Å². The number of rotatable bonds is 3. The number of hydrogen-bond acceptors (Lipinski definition) is 3. The Morgan fingerprint density at radius 2 is 2.28 bits per heavy atom. The van der Waals surface area contributed by atoms with E-state index in [0.29, 0.717) is 16.7 Å². The molecular formula is C14H19FN2S. The van der Waals surface area contributed by atoms with Gasteiger partial charge in [0.1, 0.15) is 5.82 Å². The summed E-state index contributed by atoms with van der Waals surface area (Å²) in [5.74, 6) is 0.510. The van der Waals surface area contributed by atoms with Crippen LogP contribution in [0.15, 0.2) is 23.2 Å². The van der Waals surface area contributed by atoms with Crippen LogP contribution in [-0.4, -0.2) is 17.0 Å². The molecule has 0 amide bonds. The zero-order valence-corrected chi connectivity index (χ0v) is 11.9. The van der Waals surface area contributed by atoms with Gasteiger partial charge in [0.2, 0.25) is 0 Å². The Bertz CT molecular complexity index is 457. The Hall–Kier alpha value is -1.03. The van der Waals surface area contributed by atoms with Gasteiger partial charge >= 0.3 is 0 Å². The summed E-state index contributed by atoms with van der Waals surface area (Å²) < 4.78 is 13.4. The van der Waals surface area contributed by atoms with Gasteiger partial charge in [-0.1, -0.05) is 31.7 Å². The standard InChI is InChI=1S/C14H19FN2S/c1-9(2)6-12-8-16-14(18-12)17-11-5-4-10(3)13(15)7-11/h4-5,7,9,12H,6,8H2,1-3H3,(H,16,17). The highest BCUT2D eigenvalue weighted by Crippen LogP contribution is 2.27. The molecule has 0 spiro atoms. The van der Waals surface area contributed by atoms with Crippen LogP contribution >= 0.6 is 11.8 Å². The molecule has 0 bridgehead atoms. The molecule has 2 rings (SSSR count). The van der Waals surface area contributed by atoms with Crippen molar-refractivity contribution in [3.05, 3.63) is 29.6 Å². The predicted molar refractivity (Wildman–Crippen MR) is 77.9 cm³/mol. The Morgan fingerprint density at radius 1 is 1.50 bits per heavy atom. The first-order valence-electron chi connectivity index (χ1n) is 6.29. The topological polar surface area (TPSA) is 24.4 Å². The molecule has 4 heteroatoms. The van der Waals surface area contributed by atoms with Gasteiger partial charge in [0.05, 0.1) is 6.54 Å². The Labute approximate surface area is 112 Å². The van der Waals surface area contributed by atoms with Crippen LogP contribution in [0.25, 0.3) is 0 Å². The number of benzene rings is 1. The van der Waals surface area contributed by atoms with Gasteiger partial charge in [-0.3, -0.25) is 4.99 Å². The summed E-state index contributed by atoms with van der Waals surface area (Å²) >= 11 is 1.76. The molecule has 2 nitrogen and oxygen atoms in total. The molecule has 18 heavy (non-hydrogen) atoms. The minimum absolute atomic E-state index is 0.178. The third-order valence-electron chi connectivity index (χ3n) is 2.87. The second-order valence-electron chi connectivity index (χ2n) is 5.10. The average molecular weight is 266 g/mol. The van der Waals surface area contributed by atoms with Crippen molar-refractivity contribution in [3.63, 3.8) is 0 Å². The van der Waals surface area contributed by atoms with E-state index in [0.717, 1.165) is 17.4 Å². The molecule has 0 fully saturated rings. The molecule has 1 heterocycles. The van der Waals surface area contributed by atoms with Gasteiger partial charge in [0, 0.05) is 10.9 Å². The maximum absolute atomic E-state index is 13.4. The molecule has 1 atom stereocenters. The largest absolute Gasteiger partial charge is 0.335 e. The molecule has 1 unspecified atom stereocenters. The van der Waals surface area contributed by atoms with Gasteiger partial charge in [-0.05, 0) is 37.0 Å². The quantitative estimate of drug-likeness (QED) is 0.892. The van der Waals surface area contributed by atoms with Crippen molar-refractivity contribution in [2.75, 3.05) is 11.9 Å². The molecule has 1 aliphatic rings. The van der Waals surface area contributed by atoms with Gasteiger partial charge in [-0.15, -0.1) is 0 Å². The molecule has 1 aliphatic heterocycles. The van der Waals surface area contributed by atoms with Crippen molar-refractivity contribution in [3.8, 4) is 0 Å². The van der Waals surface area contributed by atoms with Crippen LogP contribution in [0.2, 0.25) is 0 Å². The lowest BCUT2D eigenvalue weighted by Gasteiger charge is -2.11. The van der Waals surface area contributed by atoms with Crippen LogP contribution in [0.1, 0.15) is 25.8 Å². The molecular weight excluding hydrogens is 247 g/mol. The zero-order chi connectivity index (χ0) is 13.1. The lowest BCUT2D eigenvalue weighted by atomic mass is 10.1. The van der Waals surface area contributed by atoms with E-state index in [1.807, 2.05) is 6.07 Å². The molecule has 0 saturated carbocycles. The Balaban J connectivity index is 1.93. The van der Waals surface area contributed by atoms with Gasteiger partial charge < -0.3 is 5.32 Å². The average Bonchev–Trinajstić information content (AvgIpc) is 2.70. The minimum atomic E-state index is -0.178. The number of aryl methyl sites for hydroxylation is 1. The molecule has 0 radical (unpaired) electrons. The Morgan fingerprint density at radius 3 is 2.94 bits per heavy atom. The molecule has 0 saturated heterocycles. The van der Waals surface area contributed by atoms with E-state index in [2.05, 4.69) is 24.2 Å². The van der Waals surface area contributed by atoms with Crippen LogP contribution in [0, 0.1) is 18.7 Å². The predicted octanol–water partition coefficient (Wildman–Crippen LogP) is 4.06. The second kappa shape index (κ2) is 5.74. The van der Waals surface area contributed by atoms with Crippen LogP contribution in [0.5, 0.6) is 0 Å². The van der Waals surface area contributed by atoms with Crippen LogP contribution in [0.4, 0.5) is 10.1 Å². The van der Waals surface area contributed by atoms with Gasteiger partial charge in [0.15, 0.2) is 5.17 Å². The summed E-state index contributed by atoms with van der Waals surface area (Å²) in [7, 11) is 0. The van der Waals surface area contributed by atoms with Crippen molar-refractivity contribution in [1.29, 1.82) is 0 Å². The van der Waals surface area contributed by atoms with E-state index in [1.165, 1.54) is 12.5 Å². The van der Waals surface area contributed by atoms with E-state index in [-0.39, 0.29) is 5.82 Å². The Kier molecular flexibility index (Phi) is 4.27. The molecule has 1 aromatic rings. The summed E-state index contributed by atoms with van der Waals surface area (Å²) in [6, 6.07) is 5.19. The second-order valence-corrected chi connectivity index (χ2v) is 6.39. The van der Waals surface area contributed by atoms with Crippen LogP contribution in [0.3, 0.4) is 0 Å². The van der Waals surface area contributed by atoms with E-state index >= 15 is 0 Å². The fourth-order valence-electron chi connectivity index (χ4n) is 1.93. The third kappa shape index (κ3) is 3.48. The van der Waals surface area contributed by atoms with E-state index in [1.54, 1.807) is 24.8 Å². The van der Waals surface area contributed by atoms with Crippen molar-refractivity contribution in [1.82, 2.24) is 0 Å². The van der Waals surface area contributed by atoms with Crippen molar-refractivity contribution in [2.45, 2.75) is 32.4 Å². The molecule has 1 N–H and O–H groups in total. The summed E-state index contributed by atoms with van der Waals surface area (Å²) in [5, 5.41) is 4.65. The number of aliphatic imine (C=N–C) groups is 1. The van der Waals surface area contributed by atoms with Crippen molar-refractivity contribution < 1.29 is 4.39 Å². The number of halogens is 1. The lowest BCUT2D eigenvalue weighted by molar-refractivity contribution is 0.575. The smallest absolute Gasteiger partial charge is 0.161 e. The van der Waals surface area contributed by atoms with E-state index in [9.17, 15) is 4.39 Å². The number of anilines is 1. The summed E-state index contributed by atoms with van der Waals surface area (Å²) in [6.45, 7) is 7.07. The number of amidine groups is 1. The number of nitrogens with zero attached hydrogens (tertiary/aromatic N) is 1. The molecule has 0 aromatic heterocycles. The minimum Gasteiger partial charge on any atom is -0.335 e. The summed E-state index contributed by atoms with van der Waals surface area (Å²) in [6.07, 6.45) is 1.17. The van der Waals surface area contributed by atoms with E-state index < -0.39 is 0 Å².